The fraction of sp³-hybridized carbons (Fsp3) is 0.462. The highest BCUT2D eigenvalue weighted by Gasteiger charge is 2.29. The molecule has 1 aliphatic heterocycles. The third-order valence-electron chi connectivity index (χ3n) is 3.39. The van der Waals surface area contributed by atoms with Crippen molar-refractivity contribution >= 4 is 31.9 Å². The number of primary sulfonamides is 1. The molecule has 1 aliphatic rings. The summed E-state index contributed by atoms with van der Waals surface area (Å²) in [6.07, 6.45) is 0. The molecule has 1 aromatic carbocycles. The molecule has 6 nitrogen and oxygen atoms in total. The Hall–Kier alpha value is -1.03. The molecule has 0 radical (unpaired) electrons. The van der Waals surface area contributed by atoms with Crippen LogP contribution in [0.25, 0.3) is 0 Å². The number of nitrogens with two attached hydrogens (primary N) is 1. The summed E-state index contributed by atoms with van der Waals surface area (Å²) in [5, 5.41) is 8.34. The van der Waals surface area contributed by atoms with E-state index in [9.17, 15) is 17.6 Å². The molecule has 0 unspecified atom stereocenters. The second-order valence-corrected chi connectivity index (χ2v) is 7.81. The second-order valence-electron chi connectivity index (χ2n) is 5.49. The smallest absolute Gasteiger partial charge is 0.255 e. The molecule has 0 aromatic heterocycles. The van der Waals surface area contributed by atoms with Gasteiger partial charge in [-0.3, -0.25) is 4.79 Å². The Bertz CT molecular complexity index is 701. The fourth-order valence-electron chi connectivity index (χ4n) is 2.59. The third-order valence-corrected chi connectivity index (χ3v) is 5.44. The van der Waals surface area contributed by atoms with Crippen molar-refractivity contribution in [3.05, 3.63) is 28.0 Å². The number of rotatable bonds is 2. The zero-order chi connectivity index (χ0) is 16.7. The van der Waals surface area contributed by atoms with Gasteiger partial charge in [0.05, 0.1) is 14.9 Å². The predicted octanol–water partition coefficient (Wildman–Crippen LogP) is 1.06. The largest absolute Gasteiger partial charge is 0.336 e. The number of carbonyl (C=O) groups is 1. The summed E-state index contributed by atoms with van der Waals surface area (Å²) in [4.78, 5) is 13.7. The maximum absolute atomic E-state index is 13.7. The van der Waals surface area contributed by atoms with Gasteiger partial charge in [0.15, 0.2) is 0 Å². The van der Waals surface area contributed by atoms with Crippen LogP contribution in [-0.2, 0) is 10.0 Å². The van der Waals surface area contributed by atoms with Crippen molar-refractivity contribution in [2.75, 3.05) is 13.1 Å². The Labute approximate surface area is 137 Å². The van der Waals surface area contributed by atoms with Crippen molar-refractivity contribution in [3.63, 3.8) is 0 Å². The molecule has 1 amide bonds. The van der Waals surface area contributed by atoms with E-state index >= 15 is 0 Å². The van der Waals surface area contributed by atoms with Gasteiger partial charge in [-0.15, -0.1) is 0 Å². The molecule has 0 aliphatic carbocycles. The summed E-state index contributed by atoms with van der Waals surface area (Å²) in [6.45, 7) is 4.78. The first-order chi connectivity index (χ1) is 10.1. The van der Waals surface area contributed by atoms with Crippen LogP contribution in [0.15, 0.2) is 21.5 Å². The monoisotopic (exact) mass is 393 g/mol. The van der Waals surface area contributed by atoms with Gasteiger partial charge < -0.3 is 10.2 Å². The van der Waals surface area contributed by atoms with E-state index in [4.69, 9.17) is 5.14 Å². The zero-order valence-electron chi connectivity index (χ0n) is 12.1. The van der Waals surface area contributed by atoms with Gasteiger partial charge in [0, 0.05) is 25.2 Å². The van der Waals surface area contributed by atoms with Crippen molar-refractivity contribution < 1.29 is 17.6 Å². The summed E-state index contributed by atoms with van der Waals surface area (Å²) in [7, 11) is -4.13. The Morgan fingerprint density at radius 1 is 1.36 bits per heavy atom. The first-order valence-corrected chi connectivity index (χ1v) is 9.00. The molecule has 3 N–H and O–H groups in total. The maximum atomic E-state index is 13.7. The first kappa shape index (κ1) is 17.3. The lowest BCUT2D eigenvalue weighted by Gasteiger charge is -2.36. The minimum atomic E-state index is -4.13. The zero-order valence-corrected chi connectivity index (χ0v) is 14.5. The van der Waals surface area contributed by atoms with Crippen molar-refractivity contribution in [3.8, 4) is 0 Å². The topological polar surface area (TPSA) is 92.5 Å². The van der Waals surface area contributed by atoms with Gasteiger partial charge in [-0.2, -0.15) is 0 Å². The van der Waals surface area contributed by atoms with Crippen molar-refractivity contribution in [2.24, 2.45) is 5.14 Å². The molecule has 0 spiro atoms. The van der Waals surface area contributed by atoms with Crippen LogP contribution in [0.3, 0.4) is 0 Å². The minimum Gasteiger partial charge on any atom is -0.336 e. The van der Waals surface area contributed by atoms with Crippen LogP contribution < -0.4 is 10.5 Å². The van der Waals surface area contributed by atoms with Crippen LogP contribution in [0.1, 0.15) is 24.2 Å². The van der Waals surface area contributed by atoms with Crippen molar-refractivity contribution in [1.29, 1.82) is 0 Å². The molecule has 2 rings (SSSR count). The lowest BCUT2D eigenvalue weighted by molar-refractivity contribution is 0.0672. The quantitative estimate of drug-likeness (QED) is 0.785. The highest BCUT2D eigenvalue weighted by molar-refractivity contribution is 9.10. The average molecular weight is 394 g/mol. The summed E-state index contributed by atoms with van der Waals surface area (Å²) in [6, 6.07) is 1.99. The van der Waals surface area contributed by atoms with E-state index in [0.29, 0.717) is 13.1 Å². The number of nitrogens with one attached hydrogen (secondary N) is 1. The van der Waals surface area contributed by atoms with Crippen molar-refractivity contribution in [2.45, 2.75) is 30.8 Å². The molecule has 22 heavy (non-hydrogen) atoms. The Morgan fingerprint density at radius 2 is 1.91 bits per heavy atom. The van der Waals surface area contributed by atoms with E-state index in [1.807, 2.05) is 13.8 Å². The molecule has 2 atom stereocenters. The normalized spacial score (nSPS) is 22.7. The summed E-state index contributed by atoms with van der Waals surface area (Å²) in [5.41, 5.74) is -0.0506. The van der Waals surface area contributed by atoms with Crippen LogP contribution in [0.4, 0.5) is 4.39 Å². The van der Waals surface area contributed by atoms with E-state index < -0.39 is 26.6 Å². The highest BCUT2D eigenvalue weighted by atomic mass is 79.9. The van der Waals surface area contributed by atoms with Crippen LogP contribution in [0.2, 0.25) is 0 Å². The van der Waals surface area contributed by atoms with Crippen molar-refractivity contribution in [1.82, 2.24) is 10.2 Å². The number of halogens is 2. The van der Waals surface area contributed by atoms with Crippen LogP contribution in [-0.4, -0.2) is 44.4 Å². The van der Waals surface area contributed by atoms with Gasteiger partial charge in [-0.25, -0.2) is 17.9 Å². The van der Waals surface area contributed by atoms with Crippen LogP contribution in [0.5, 0.6) is 0 Å². The van der Waals surface area contributed by atoms with E-state index in [1.165, 1.54) is 0 Å². The maximum Gasteiger partial charge on any atom is 0.255 e. The summed E-state index contributed by atoms with van der Waals surface area (Å²) >= 11 is 3.06. The lowest BCUT2D eigenvalue weighted by Crippen LogP contribution is -2.55. The molecule has 0 saturated carbocycles. The summed E-state index contributed by atoms with van der Waals surface area (Å²) < 4.78 is 36.7. The lowest BCUT2D eigenvalue weighted by atomic mass is 10.1. The molecule has 1 heterocycles. The van der Waals surface area contributed by atoms with Gasteiger partial charge >= 0.3 is 0 Å². The fourth-order valence-corrected chi connectivity index (χ4v) is 4.30. The molecule has 1 fully saturated rings. The molecule has 122 valence electrons. The van der Waals surface area contributed by atoms with E-state index in [2.05, 4.69) is 21.2 Å². The van der Waals surface area contributed by atoms with E-state index in [-0.39, 0.29) is 22.1 Å². The second kappa shape index (κ2) is 6.23. The van der Waals surface area contributed by atoms with Gasteiger partial charge in [-0.05, 0) is 41.9 Å². The number of sulfonamides is 1. The third kappa shape index (κ3) is 3.65. The SMILES string of the molecule is C[C@H]1CN(C(=O)c2cc(F)cc(S(N)(=O)=O)c2Br)C[C@H](C)N1. The van der Waals surface area contributed by atoms with Crippen LogP contribution in [0, 0.1) is 5.82 Å². The number of amides is 1. The molecular formula is C13H17BrFN3O3S. The standard InChI is InChI=1S/C13H17BrFN3O3S/c1-7-5-18(6-8(2)17-7)13(19)10-3-9(15)4-11(12(10)14)22(16,20)21/h3-4,7-8,17H,5-6H2,1-2H3,(H2,16,20,21)/t7-,8-/m0/s1. The molecule has 1 saturated heterocycles. The number of piperazine rings is 1. The summed E-state index contributed by atoms with van der Waals surface area (Å²) in [5.74, 6) is -1.26. The van der Waals surface area contributed by atoms with Gasteiger partial charge in [0.2, 0.25) is 10.0 Å². The van der Waals surface area contributed by atoms with Gasteiger partial charge in [-0.1, -0.05) is 0 Å². The van der Waals surface area contributed by atoms with Crippen LogP contribution >= 0.6 is 15.9 Å². The molecular weight excluding hydrogens is 377 g/mol. The first-order valence-electron chi connectivity index (χ1n) is 6.66. The highest BCUT2D eigenvalue weighted by Crippen LogP contribution is 2.28. The average Bonchev–Trinajstić information content (AvgIpc) is 2.37. The minimum absolute atomic E-state index is 0.0137. The molecule has 9 heteroatoms. The molecule has 1 aromatic rings. The van der Waals surface area contributed by atoms with E-state index in [1.54, 1.807) is 4.90 Å². The number of hydrogen-bond donors (Lipinski definition) is 2. The Balaban J connectivity index is 2.44. The Morgan fingerprint density at radius 3 is 2.41 bits per heavy atom. The number of carbonyl (C=O) groups excluding carboxylic acids is 1. The number of hydrogen-bond acceptors (Lipinski definition) is 4. The van der Waals surface area contributed by atoms with Gasteiger partial charge in [0.25, 0.3) is 5.91 Å². The number of benzene rings is 1. The number of nitrogens with zero attached hydrogens (tertiary/aromatic N) is 1. The van der Waals surface area contributed by atoms with Gasteiger partial charge in [0.1, 0.15) is 5.82 Å². The van der Waals surface area contributed by atoms with E-state index in [0.717, 1.165) is 12.1 Å². The molecule has 0 bridgehead atoms. The Kier molecular flexibility index (Phi) is 4.90. The predicted molar refractivity (Wildman–Crippen MR) is 83.4 cm³/mol.